The molecule has 112 valence electrons. The Bertz CT molecular complexity index is 767. The zero-order valence-corrected chi connectivity index (χ0v) is 12.6. The van der Waals surface area contributed by atoms with Crippen LogP contribution in [0.15, 0.2) is 58.3 Å². The van der Waals surface area contributed by atoms with Gasteiger partial charge in [-0.2, -0.15) is 0 Å². The van der Waals surface area contributed by atoms with Gasteiger partial charge in [0.15, 0.2) is 0 Å². The first-order chi connectivity index (χ1) is 9.66. The van der Waals surface area contributed by atoms with Crippen molar-refractivity contribution in [1.82, 2.24) is 0 Å². The second-order valence-corrected chi connectivity index (χ2v) is 7.68. The van der Waals surface area contributed by atoms with Crippen molar-refractivity contribution >= 4 is 20.0 Å². The average Bonchev–Trinajstić information content (AvgIpc) is 2.38. The number of hydrogen-bond acceptors (Lipinski definition) is 4. The third-order valence-corrected chi connectivity index (χ3v) is 4.77. The van der Waals surface area contributed by atoms with Crippen molar-refractivity contribution in [3.05, 3.63) is 59.7 Å². The van der Waals surface area contributed by atoms with E-state index in [1.54, 1.807) is 24.3 Å². The number of nitrogens with two attached hydrogens (primary N) is 2. The fourth-order valence-corrected chi connectivity index (χ4v) is 2.86. The van der Waals surface area contributed by atoms with Gasteiger partial charge < -0.3 is 0 Å². The zero-order valence-electron chi connectivity index (χ0n) is 10.9. The first-order valence-corrected chi connectivity index (χ1v) is 8.99. The van der Waals surface area contributed by atoms with Crippen LogP contribution in [0.3, 0.4) is 0 Å². The molecule has 0 bridgehead atoms. The molecule has 0 aliphatic rings. The van der Waals surface area contributed by atoms with E-state index in [4.69, 9.17) is 10.3 Å². The second kappa shape index (κ2) is 5.57. The highest BCUT2D eigenvalue weighted by Gasteiger charge is 2.08. The molecule has 0 saturated heterocycles. The molecule has 0 amide bonds. The molecule has 6 nitrogen and oxygen atoms in total. The van der Waals surface area contributed by atoms with Gasteiger partial charge in [-0.3, -0.25) is 0 Å². The van der Waals surface area contributed by atoms with E-state index in [2.05, 4.69) is 0 Å². The molecule has 2 rings (SSSR count). The van der Waals surface area contributed by atoms with Crippen LogP contribution in [0, 0.1) is 0 Å². The lowest BCUT2D eigenvalue weighted by molar-refractivity contribution is 0.596. The van der Waals surface area contributed by atoms with E-state index in [0.29, 0.717) is 6.42 Å². The monoisotopic (exact) mass is 326 g/mol. The van der Waals surface area contributed by atoms with Crippen molar-refractivity contribution in [2.45, 2.75) is 16.2 Å². The first-order valence-electron chi connectivity index (χ1n) is 5.90. The van der Waals surface area contributed by atoms with E-state index in [1.165, 1.54) is 24.3 Å². The van der Waals surface area contributed by atoms with Gasteiger partial charge in [0.1, 0.15) is 0 Å². The topological polar surface area (TPSA) is 120 Å². The Hall–Kier alpha value is -1.74. The Morgan fingerprint density at radius 3 is 1.14 bits per heavy atom. The molecule has 0 atom stereocenters. The van der Waals surface area contributed by atoms with Crippen LogP contribution in [0.25, 0.3) is 0 Å². The van der Waals surface area contributed by atoms with Crippen LogP contribution in [0.1, 0.15) is 11.1 Å². The van der Waals surface area contributed by atoms with Crippen LogP contribution in [-0.4, -0.2) is 16.8 Å². The molecule has 0 heterocycles. The summed E-state index contributed by atoms with van der Waals surface area (Å²) in [6.45, 7) is 0. The molecule has 0 unspecified atom stereocenters. The lowest BCUT2D eigenvalue weighted by atomic mass is 10.1. The average molecular weight is 326 g/mol. The summed E-state index contributed by atoms with van der Waals surface area (Å²) < 4.78 is 44.6. The third-order valence-electron chi connectivity index (χ3n) is 2.91. The number of primary sulfonamides is 2. The Labute approximate surface area is 123 Å². The molecule has 0 radical (unpaired) electrons. The van der Waals surface area contributed by atoms with Crippen LogP contribution in [0.5, 0.6) is 0 Å². The van der Waals surface area contributed by atoms with E-state index < -0.39 is 20.0 Å². The van der Waals surface area contributed by atoms with Gasteiger partial charge in [-0.25, -0.2) is 27.1 Å². The molecule has 4 N–H and O–H groups in total. The second-order valence-electron chi connectivity index (χ2n) is 4.55. The van der Waals surface area contributed by atoms with Gasteiger partial charge in [0.2, 0.25) is 20.0 Å². The van der Waals surface area contributed by atoms with Gasteiger partial charge in [0, 0.05) is 0 Å². The summed E-state index contributed by atoms with van der Waals surface area (Å²) in [5.41, 5.74) is 1.76. The van der Waals surface area contributed by atoms with E-state index >= 15 is 0 Å². The highest BCUT2D eigenvalue weighted by molar-refractivity contribution is 7.89. The third kappa shape index (κ3) is 4.11. The van der Waals surface area contributed by atoms with Crippen LogP contribution in [0.2, 0.25) is 0 Å². The van der Waals surface area contributed by atoms with Gasteiger partial charge in [-0.05, 0) is 41.8 Å². The van der Waals surface area contributed by atoms with Crippen molar-refractivity contribution in [2.75, 3.05) is 0 Å². The van der Waals surface area contributed by atoms with E-state index in [0.717, 1.165) is 11.1 Å². The molecule has 8 heteroatoms. The number of hydrogen-bond donors (Lipinski definition) is 2. The molecule has 0 aromatic heterocycles. The molecular formula is C13H14N2O4S2. The van der Waals surface area contributed by atoms with E-state index in [9.17, 15) is 16.8 Å². The van der Waals surface area contributed by atoms with Crippen LogP contribution in [-0.2, 0) is 26.5 Å². The summed E-state index contributed by atoms with van der Waals surface area (Å²) in [5.74, 6) is 0. The maximum atomic E-state index is 11.1. The first kappa shape index (κ1) is 15.6. The highest BCUT2D eigenvalue weighted by atomic mass is 32.2. The summed E-state index contributed by atoms with van der Waals surface area (Å²) in [5, 5.41) is 10.0. The summed E-state index contributed by atoms with van der Waals surface area (Å²) in [4.78, 5) is 0.103. The fourth-order valence-electron chi connectivity index (χ4n) is 1.83. The van der Waals surface area contributed by atoms with Gasteiger partial charge in [0.05, 0.1) is 9.79 Å². The molecule has 21 heavy (non-hydrogen) atoms. The molecule has 2 aromatic carbocycles. The standard InChI is InChI=1S/C13H14N2O4S2/c14-20(16,17)12-5-1-10(2-6-12)9-11-3-7-13(8-4-11)21(15,18)19/h1-8H,9H2,(H2,14,16,17)(H2,15,18,19). The van der Waals surface area contributed by atoms with E-state index in [1.807, 2.05) is 0 Å². The lowest BCUT2D eigenvalue weighted by Gasteiger charge is -2.04. The fraction of sp³-hybridized carbons (Fsp3) is 0.0769. The maximum absolute atomic E-state index is 11.1. The zero-order chi connectivity index (χ0) is 15.7. The predicted octanol–water partition coefficient (Wildman–Crippen LogP) is 0.572. The molecular weight excluding hydrogens is 312 g/mol. The number of rotatable bonds is 4. The SMILES string of the molecule is NS(=O)(=O)c1ccc(Cc2ccc(S(N)(=O)=O)cc2)cc1. The molecule has 0 aliphatic heterocycles. The molecule has 0 aliphatic carbocycles. The highest BCUT2D eigenvalue weighted by Crippen LogP contribution is 2.15. The van der Waals surface area contributed by atoms with Gasteiger partial charge >= 0.3 is 0 Å². The van der Waals surface area contributed by atoms with Crippen LogP contribution in [0.4, 0.5) is 0 Å². The van der Waals surface area contributed by atoms with Gasteiger partial charge in [-0.1, -0.05) is 24.3 Å². The van der Waals surface area contributed by atoms with Crippen molar-refractivity contribution in [3.8, 4) is 0 Å². The lowest BCUT2D eigenvalue weighted by Crippen LogP contribution is -2.12. The quantitative estimate of drug-likeness (QED) is 0.853. The Balaban J connectivity index is 2.19. The van der Waals surface area contributed by atoms with Crippen LogP contribution < -0.4 is 10.3 Å². The van der Waals surface area contributed by atoms with E-state index in [-0.39, 0.29) is 9.79 Å². The van der Waals surface area contributed by atoms with Gasteiger partial charge in [0.25, 0.3) is 0 Å². The number of sulfonamides is 2. The summed E-state index contributed by atoms with van der Waals surface area (Å²) >= 11 is 0. The summed E-state index contributed by atoms with van der Waals surface area (Å²) in [6, 6.07) is 12.4. The minimum absolute atomic E-state index is 0.0517. The Kier molecular flexibility index (Phi) is 4.15. The Morgan fingerprint density at radius 1 is 0.619 bits per heavy atom. The predicted molar refractivity (Wildman–Crippen MR) is 78.4 cm³/mol. The summed E-state index contributed by atoms with van der Waals surface area (Å²) in [6.07, 6.45) is 0.537. The normalized spacial score (nSPS) is 12.3. The van der Waals surface area contributed by atoms with Gasteiger partial charge in [-0.15, -0.1) is 0 Å². The van der Waals surface area contributed by atoms with Crippen LogP contribution >= 0.6 is 0 Å². The molecule has 0 spiro atoms. The van der Waals surface area contributed by atoms with Crippen molar-refractivity contribution in [3.63, 3.8) is 0 Å². The molecule has 0 fully saturated rings. The van der Waals surface area contributed by atoms with Crippen molar-refractivity contribution < 1.29 is 16.8 Å². The van der Waals surface area contributed by atoms with Crippen molar-refractivity contribution in [1.29, 1.82) is 0 Å². The maximum Gasteiger partial charge on any atom is 0.238 e. The minimum Gasteiger partial charge on any atom is -0.225 e. The smallest absolute Gasteiger partial charge is 0.225 e. The Morgan fingerprint density at radius 2 is 0.905 bits per heavy atom. The number of benzene rings is 2. The molecule has 2 aromatic rings. The minimum atomic E-state index is -3.70. The van der Waals surface area contributed by atoms with Crippen molar-refractivity contribution in [2.24, 2.45) is 10.3 Å². The largest absolute Gasteiger partial charge is 0.238 e. The molecule has 0 saturated carbocycles. The summed E-state index contributed by atoms with van der Waals surface area (Å²) in [7, 11) is -7.39.